The molecule has 0 unspecified atom stereocenters. The summed E-state index contributed by atoms with van der Waals surface area (Å²) in [7, 11) is 0. The molecular weight excluding hydrogens is 433 g/mol. The zero-order chi connectivity index (χ0) is 19.2. The second-order valence-corrected chi connectivity index (χ2v) is 8.62. The van der Waals surface area contributed by atoms with Crippen molar-refractivity contribution in [2.75, 3.05) is 5.32 Å². The molecule has 0 atom stereocenters. The van der Waals surface area contributed by atoms with Crippen LogP contribution in [0, 0.1) is 5.82 Å². The molecule has 140 valence electrons. The maximum atomic E-state index is 13.9. The number of rotatable bonds is 3. The van der Waals surface area contributed by atoms with Crippen LogP contribution in [0.15, 0.2) is 46.9 Å². The molecule has 0 saturated heterocycles. The predicted molar refractivity (Wildman–Crippen MR) is 109 cm³/mol. The summed E-state index contributed by atoms with van der Waals surface area (Å²) in [6.45, 7) is 0. The van der Waals surface area contributed by atoms with Crippen LogP contribution in [0.2, 0.25) is 5.02 Å². The van der Waals surface area contributed by atoms with E-state index in [1.54, 1.807) is 30.3 Å². The number of carboxylic acids is 1. The summed E-state index contributed by atoms with van der Waals surface area (Å²) < 4.78 is 14.9. The van der Waals surface area contributed by atoms with Crippen LogP contribution < -0.4 is 5.32 Å². The molecule has 3 nitrogen and oxygen atoms in total. The maximum absolute atomic E-state index is 13.9. The van der Waals surface area contributed by atoms with Crippen LogP contribution in [0.3, 0.4) is 0 Å². The first-order chi connectivity index (χ1) is 12.8. The average molecular weight is 451 g/mol. The highest BCUT2D eigenvalue weighted by molar-refractivity contribution is 9.11. The standard InChI is InChI=1S/C21H18BrClFNO2/c22-18-10-13-4-5-15(24)12-17(13)20(18)6-8-21(9-7-20,19(26)27)25-16-3-1-2-14(23)11-16/h1-5,10-12,25H,6-9H2,(H,26,27). The monoisotopic (exact) mass is 449 g/mol. The molecule has 2 N–H and O–H groups in total. The van der Waals surface area contributed by atoms with E-state index in [2.05, 4.69) is 21.2 Å². The van der Waals surface area contributed by atoms with Crippen molar-refractivity contribution in [3.8, 4) is 0 Å². The van der Waals surface area contributed by atoms with Crippen LogP contribution in [-0.2, 0) is 10.2 Å². The first-order valence-electron chi connectivity index (χ1n) is 8.80. The summed E-state index contributed by atoms with van der Waals surface area (Å²) in [6, 6.07) is 11.9. The summed E-state index contributed by atoms with van der Waals surface area (Å²) in [6.07, 6.45) is 4.09. The average Bonchev–Trinajstić information content (AvgIpc) is 2.89. The first-order valence-corrected chi connectivity index (χ1v) is 9.97. The quantitative estimate of drug-likeness (QED) is 0.605. The van der Waals surface area contributed by atoms with E-state index in [4.69, 9.17) is 11.6 Å². The molecule has 1 saturated carbocycles. The number of hydrogen-bond acceptors (Lipinski definition) is 2. The van der Waals surface area contributed by atoms with Crippen LogP contribution in [-0.4, -0.2) is 16.6 Å². The van der Waals surface area contributed by atoms with Crippen molar-refractivity contribution in [1.29, 1.82) is 0 Å². The van der Waals surface area contributed by atoms with Crippen LogP contribution in [0.4, 0.5) is 10.1 Å². The minimum absolute atomic E-state index is 0.268. The van der Waals surface area contributed by atoms with Gasteiger partial charge in [-0.1, -0.05) is 39.7 Å². The first kappa shape index (κ1) is 18.5. The summed E-state index contributed by atoms with van der Waals surface area (Å²) in [5.74, 6) is -1.15. The van der Waals surface area contributed by atoms with E-state index in [0.29, 0.717) is 36.4 Å². The fraction of sp³-hybridized carbons (Fsp3) is 0.286. The van der Waals surface area contributed by atoms with Crippen molar-refractivity contribution in [3.63, 3.8) is 0 Å². The van der Waals surface area contributed by atoms with Crippen LogP contribution in [0.25, 0.3) is 6.08 Å². The van der Waals surface area contributed by atoms with Gasteiger partial charge in [0.15, 0.2) is 0 Å². The number of allylic oxidation sites excluding steroid dienone is 1. The summed E-state index contributed by atoms with van der Waals surface area (Å²) >= 11 is 9.71. The van der Waals surface area contributed by atoms with Crippen LogP contribution >= 0.6 is 27.5 Å². The Morgan fingerprint density at radius 2 is 1.89 bits per heavy atom. The molecule has 0 amide bonds. The van der Waals surface area contributed by atoms with Gasteiger partial charge in [-0.2, -0.15) is 0 Å². The second kappa shape index (κ2) is 6.64. The maximum Gasteiger partial charge on any atom is 0.329 e. The molecular formula is C21H18BrClFNO2. The SMILES string of the molecule is O=C(O)C1(Nc2cccc(Cl)c2)CCC2(CC1)C(Br)=Cc1ccc(F)cc12. The molecule has 0 bridgehead atoms. The summed E-state index contributed by atoms with van der Waals surface area (Å²) in [5.41, 5.74) is 1.20. The fourth-order valence-electron chi connectivity index (χ4n) is 4.32. The Morgan fingerprint density at radius 3 is 2.56 bits per heavy atom. The topological polar surface area (TPSA) is 49.3 Å². The zero-order valence-corrected chi connectivity index (χ0v) is 16.8. The van der Waals surface area contributed by atoms with E-state index in [9.17, 15) is 14.3 Å². The van der Waals surface area contributed by atoms with Gasteiger partial charge in [0.05, 0.1) is 0 Å². The highest BCUT2D eigenvalue weighted by atomic mass is 79.9. The van der Waals surface area contributed by atoms with E-state index < -0.39 is 11.5 Å². The number of aliphatic carboxylic acids is 1. The third-order valence-corrected chi connectivity index (χ3v) is 7.07. The molecule has 2 aromatic carbocycles. The van der Waals surface area contributed by atoms with Gasteiger partial charge in [-0.05, 0) is 73.2 Å². The minimum Gasteiger partial charge on any atom is -0.480 e. The number of halogens is 3. The Morgan fingerprint density at radius 1 is 1.15 bits per heavy atom. The second-order valence-electron chi connectivity index (χ2n) is 7.33. The van der Waals surface area contributed by atoms with Crippen molar-refractivity contribution in [2.45, 2.75) is 36.6 Å². The Kier molecular flexibility index (Phi) is 4.55. The van der Waals surface area contributed by atoms with E-state index in [1.807, 2.05) is 12.1 Å². The highest BCUT2D eigenvalue weighted by Gasteiger charge is 2.51. The Balaban J connectivity index is 1.64. The number of carbonyl (C=O) groups is 1. The van der Waals surface area contributed by atoms with Crippen molar-refractivity contribution in [1.82, 2.24) is 0 Å². The molecule has 27 heavy (non-hydrogen) atoms. The zero-order valence-electron chi connectivity index (χ0n) is 14.4. The smallest absolute Gasteiger partial charge is 0.329 e. The van der Waals surface area contributed by atoms with Gasteiger partial charge in [-0.15, -0.1) is 0 Å². The van der Waals surface area contributed by atoms with Crippen molar-refractivity contribution < 1.29 is 14.3 Å². The van der Waals surface area contributed by atoms with E-state index in [1.165, 1.54) is 6.07 Å². The predicted octanol–water partition coefficient (Wildman–Crippen LogP) is 5.98. The van der Waals surface area contributed by atoms with E-state index >= 15 is 0 Å². The molecule has 2 aromatic rings. The number of anilines is 1. The van der Waals surface area contributed by atoms with Crippen molar-refractivity contribution in [2.24, 2.45) is 0 Å². The Hall–Kier alpha value is -1.85. The van der Waals surface area contributed by atoms with Gasteiger partial charge in [0.2, 0.25) is 0 Å². The molecule has 0 radical (unpaired) electrons. The van der Waals surface area contributed by atoms with Crippen molar-refractivity contribution >= 4 is 45.3 Å². The molecule has 6 heteroatoms. The van der Waals surface area contributed by atoms with Crippen LogP contribution in [0.5, 0.6) is 0 Å². The lowest BCUT2D eigenvalue weighted by Gasteiger charge is -2.44. The molecule has 0 aliphatic heterocycles. The number of fused-ring (bicyclic) bond motifs is 2. The lowest BCUT2D eigenvalue weighted by atomic mass is 9.65. The lowest BCUT2D eigenvalue weighted by Crippen LogP contribution is -2.52. The lowest BCUT2D eigenvalue weighted by molar-refractivity contribution is -0.143. The number of carboxylic acid groups (broad SMARTS) is 1. The Labute approximate surface area is 170 Å². The number of benzene rings is 2. The van der Waals surface area contributed by atoms with Gasteiger partial charge in [0, 0.05) is 20.6 Å². The molecule has 0 heterocycles. The van der Waals surface area contributed by atoms with E-state index in [-0.39, 0.29) is 11.2 Å². The van der Waals surface area contributed by atoms with Crippen LogP contribution in [0.1, 0.15) is 36.8 Å². The molecule has 1 fully saturated rings. The van der Waals surface area contributed by atoms with Crippen molar-refractivity contribution in [3.05, 3.63) is 68.9 Å². The van der Waals surface area contributed by atoms with Gasteiger partial charge in [0.1, 0.15) is 11.4 Å². The Bertz CT molecular complexity index is 951. The molecule has 4 rings (SSSR count). The van der Waals surface area contributed by atoms with Gasteiger partial charge in [-0.3, -0.25) is 0 Å². The summed E-state index contributed by atoms with van der Waals surface area (Å²) in [4.78, 5) is 12.2. The third kappa shape index (κ3) is 3.07. The van der Waals surface area contributed by atoms with E-state index in [0.717, 1.165) is 15.6 Å². The molecule has 2 aliphatic carbocycles. The van der Waals surface area contributed by atoms with Gasteiger partial charge in [-0.25, -0.2) is 9.18 Å². The summed E-state index contributed by atoms with van der Waals surface area (Å²) in [5, 5.41) is 13.7. The normalized spacial score (nSPS) is 26.6. The number of hydrogen-bond donors (Lipinski definition) is 2. The van der Waals surface area contributed by atoms with Gasteiger partial charge in [0.25, 0.3) is 0 Å². The number of nitrogens with one attached hydrogen (secondary N) is 1. The third-order valence-electron chi connectivity index (χ3n) is 5.85. The minimum atomic E-state index is -1.07. The largest absolute Gasteiger partial charge is 0.480 e. The molecule has 2 aliphatic rings. The molecule has 0 aromatic heterocycles. The van der Waals surface area contributed by atoms with Gasteiger partial charge < -0.3 is 10.4 Å². The highest BCUT2D eigenvalue weighted by Crippen LogP contribution is 2.55. The van der Waals surface area contributed by atoms with Gasteiger partial charge >= 0.3 is 5.97 Å². The fourth-order valence-corrected chi connectivity index (χ4v) is 5.37. The molecule has 1 spiro atoms.